The lowest BCUT2D eigenvalue weighted by atomic mass is 9.68. The first-order chi connectivity index (χ1) is 26.9. The number of hydrogen-bond acceptors (Lipinski definition) is 2. The zero-order valence-corrected chi connectivity index (χ0v) is 31.0. The van der Waals surface area contributed by atoms with Crippen molar-refractivity contribution in [1.29, 1.82) is 0 Å². The normalized spacial score (nSPS) is 16.8. The van der Waals surface area contributed by atoms with Crippen LogP contribution in [0.4, 0.5) is 17.1 Å². The zero-order chi connectivity index (χ0) is 36.6. The highest BCUT2D eigenvalue weighted by molar-refractivity contribution is 6.07. The third-order valence-corrected chi connectivity index (χ3v) is 13.1. The fourth-order valence-corrected chi connectivity index (χ4v) is 10.7. The van der Waals surface area contributed by atoms with Gasteiger partial charge in [0.15, 0.2) is 0 Å². The number of fused-ring (bicyclic) bond motifs is 11. The maximum Gasteiger partial charge on any atom is 0.136 e. The minimum Gasteiger partial charge on any atom is -0.456 e. The summed E-state index contributed by atoms with van der Waals surface area (Å²) >= 11 is 0. The molecular weight excluding hydrogens is 667 g/mol. The van der Waals surface area contributed by atoms with Crippen LogP contribution >= 0.6 is 0 Å². The van der Waals surface area contributed by atoms with E-state index in [-0.39, 0.29) is 10.8 Å². The monoisotopic (exact) mass is 703 g/mol. The third-order valence-electron chi connectivity index (χ3n) is 13.1. The molecule has 9 aromatic rings. The Bertz CT molecular complexity index is 3110. The van der Waals surface area contributed by atoms with Crippen LogP contribution in [-0.4, -0.2) is 0 Å². The van der Waals surface area contributed by atoms with Crippen molar-refractivity contribution in [2.24, 2.45) is 0 Å². The number of para-hydroxylation sites is 2. The van der Waals surface area contributed by atoms with E-state index in [1.807, 2.05) is 6.07 Å². The highest BCUT2D eigenvalue weighted by atomic mass is 16.3. The molecule has 1 aromatic heterocycles. The predicted octanol–water partition coefficient (Wildman–Crippen LogP) is 14.3. The van der Waals surface area contributed by atoms with Gasteiger partial charge in [-0.15, -0.1) is 0 Å². The van der Waals surface area contributed by atoms with Crippen molar-refractivity contribution >= 4 is 39.0 Å². The molecule has 1 aliphatic heterocycles. The molecule has 0 bridgehead atoms. The lowest BCUT2D eigenvalue weighted by molar-refractivity contribution is 0.660. The molecule has 0 spiro atoms. The quantitative estimate of drug-likeness (QED) is 0.182. The number of benzene rings is 8. The topological polar surface area (TPSA) is 16.4 Å². The van der Waals surface area contributed by atoms with Crippen molar-refractivity contribution in [2.75, 3.05) is 4.90 Å². The maximum absolute atomic E-state index is 6.48. The molecule has 1 atom stereocenters. The molecule has 0 saturated carbocycles. The largest absolute Gasteiger partial charge is 0.456 e. The second-order valence-electron chi connectivity index (χ2n) is 16.1. The molecule has 3 aliphatic rings. The standard InChI is InChI=1S/C53H37NO/c1-52(2)41-22-8-5-18-40(41)49-38(20-12-24-43(49)52)35-16-6-10-25-44(35)54-45-26-13-19-33(32-29-30-37-36-17-7-11-28-47(36)55-48(37)31-32)50(45)53(3)42-23-9-4-15-34(42)39-21-14-27-46(54)51(39)53/h4-31H,1-3H3. The Morgan fingerprint density at radius 3 is 1.80 bits per heavy atom. The Morgan fingerprint density at radius 1 is 0.400 bits per heavy atom. The number of anilines is 3. The average molecular weight is 704 g/mol. The lowest BCUT2D eigenvalue weighted by Crippen LogP contribution is -2.33. The van der Waals surface area contributed by atoms with E-state index in [0.29, 0.717) is 0 Å². The van der Waals surface area contributed by atoms with E-state index in [0.717, 1.165) is 27.5 Å². The smallest absolute Gasteiger partial charge is 0.136 e. The van der Waals surface area contributed by atoms with Crippen LogP contribution in [0, 0.1) is 0 Å². The van der Waals surface area contributed by atoms with Crippen LogP contribution in [0.1, 0.15) is 48.6 Å². The van der Waals surface area contributed by atoms with Gasteiger partial charge in [0.2, 0.25) is 0 Å². The fourth-order valence-electron chi connectivity index (χ4n) is 10.7. The minimum absolute atomic E-state index is 0.0850. The van der Waals surface area contributed by atoms with E-state index in [9.17, 15) is 0 Å². The molecule has 55 heavy (non-hydrogen) atoms. The van der Waals surface area contributed by atoms with Crippen molar-refractivity contribution in [3.63, 3.8) is 0 Å². The average Bonchev–Trinajstić information content (AvgIpc) is 3.82. The number of hydrogen-bond donors (Lipinski definition) is 0. The van der Waals surface area contributed by atoms with E-state index in [4.69, 9.17) is 4.42 Å². The van der Waals surface area contributed by atoms with E-state index >= 15 is 0 Å². The summed E-state index contributed by atoms with van der Waals surface area (Å²) in [6, 6.07) is 62.9. The van der Waals surface area contributed by atoms with Crippen molar-refractivity contribution in [3.8, 4) is 44.5 Å². The molecule has 2 heteroatoms. The van der Waals surface area contributed by atoms with Gasteiger partial charge in [-0.2, -0.15) is 0 Å². The summed E-state index contributed by atoms with van der Waals surface area (Å²) in [5.74, 6) is 0. The Hall–Kier alpha value is -6.64. The molecule has 0 N–H and O–H groups in total. The maximum atomic E-state index is 6.48. The SMILES string of the molecule is CC1(C)c2ccccc2-c2c(-c3ccccc3N3c4cccc(-c5ccc6c(c5)oc5ccccc56)c4C4(C)c5ccccc5-c5cccc3c54)cccc21. The summed E-state index contributed by atoms with van der Waals surface area (Å²) in [6.45, 7) is 7.18. The van der Waals surface area contributed by atoms with E-state index < -0.39 is 0 Å². The first-order valence-corrected chi connectivity index (χ1v) is 19.4. The minimum atomic E-state index is -0.389. The van der Waals surface area contributed by atoms with Crippen LogP contribution in [-0.2, 0) is 10.8 Å². The third kappa shape index (κ3) is 3.89. The van der Waals surface area contributed by atoms with Crippen LogP contribution in [0.25, 0.3) is 66.4 Å². The Balaban J connectivity index is 1.16. The van der Waals surface area contributed by atoms with Crippen LogP contribution in [0.3, 0.4) is 0 Å². The van der Waals surface area contributed by atoms with Gasteiger partial charge in [-0.05, 0) is 110 Å². The first kappa shape index (κ1) is 30.8. The van der Waals surface area contributed by atoms with E-state index in [1.165, 1.54) is 83.8 Å². The second kappa shape index (κ2) is 10.7. The molecule has 2 aliphatic carbocycles. The van der Waals surface area contributed by atoms with Crippen LogP contribution in [0.15, 0.2) is 174 Å². The second-order valence-corrected chi connectivity index (χ2v) is 16.1. The van der Waals surface area contributed by atoms with Gasteiger partial charge in [-0.1, -0.05) is 147 Å². The van der Waals surface area contributed by atoms with Crippen LogP contribution < -0.4 is 4.90 Å². The molecule has 12 rings (SSSR count). The first-order valence-electron chi connectivity index (χ1n) is 19.4. The molecular formula is C53H37NO. The van der Waals surface area contributed by atoms with Gasteiger partial charge in [0.1, 0.15) is 11.2 Å². The summed E-state index contributed by atoms with van der Waals surface area (Å²) in [4.78, 5) is 2.56. The van der Waals surface area contributed by atoms with Gasteiger partial charge in [-0.3, -0.25) is 0 Å². The molecule has 260 valence electrons. The molecule has 0 fully saturated rings. The number of furan rings is 1. The molecule has 0 saturated heterocycles. The van der Waals surface area contributed by atoms with Gasteiger partial charge in [0.05, 0.1) is 17.1 Å². The highest BCUT2D eigenvalue weighted by Gasteiger charge is 2.49. The van der Waals surface area contributed by atoms with Crippen LogP contribution in [0.2, 0.25) is 0 Å². The Morgan fingerprint density at radius 2 is 0.964 bits per heavy atom. The summed E-state index contributed by atoms with van der Waals surface area (Å²) in [6.07, 6.45) is 0. The van der Waals surface area contributed by atoms with Crippen molar-refractivity contribution in [3.05, 3.63) is 198 Å². The van der Waals surface area contributed by atoms with Gasteiger partial charge >= 0.3 is 0 Å². The Labute approximate surface area is 320 Å². The Kier molecular flexibility index (Phi) is 6.01. The molecule has 2 heterocycles. The summed E-state index contributed by atoms with van der Waals surface area (Å²) < 4.78 is 6.48. The number of nitrogens with zero attached hydrogens (tertiary/aromatic N) is 1. The molecule has 1 unspecified atom stereocenters. The van der Waals surface area contributed by atoms with E-state index in [1.54, 1.807) is 0 Å². The van der Waals surface area contributed by atoms with Gasteiger partial charge in [0, 0.05) is 27.2 Å². The highest BCUT2D eigenvalue weighted by Crippen LogP contribution is 2.64. The van der Waals surface area contributed by atoms with Crippen molar-refractivity contribution < 1.29 is 4.42 Å². The van der Waals surface area contributed by atoms with Crippen molar-refractivity contribution in [2.45, 2.75) is 31.6 Å². The van der Waals surface area contributed by atoms with Gasteiger partial charge in [-0.25, -0.2) is 0 Å². The van der Waals surface area contributed by atoms with E-state index in [2.05, 4.69) is 189 Å². The summed E-state index contributed by atoms with van der Waals surface area (Å²) in [5, 5.41) is 2.29. The number of rotatable bonds is 3. The molecule has 2 nitrogen and oxygen atoms in total. The molecule has 8 aromatic carbocycles. The van der Waals surface area contributed by atoms with Gasteiger partial charge < -0.3 is 9.32 Å². The summed E-state index contributed by atoms with van der Waals surface area (Å²) in [7, 11) is 0. The van der Waals surface area contributed by atoms with Crippen LogP contribution in [0.5, 0.6) is 0 Å². The lowest BCUT2D eigenvalue weighted by Gasteiger charge is -2.44. The van der Waals surface area contributed by atoms with Gasteiger partial charge in [0.25, 0.3) is 0 Å². The molecule has 0 amide bonds. The predicted molar refractivity (Wildman–Crippen MR) is 228 cm³/mol. The molecule has 0 radical (unpaired) electrons. The van der Waals surface area contributed by atoms with Crippen molar-refractivity contribution in [1.82, 2.24) is 0 Å². The fraction of sp³-hybridized carbons (Fsp3) is 0.0943. The summed E-state index contributed by atoms with van der Waals surface area (Å²) in [5.41, 5.74) is 21.9. The zero-order valence-electron chi connectivity index (χ0n) is 31.0.